The fraction of sp³-hybridized carbons (Fsp3) is 0.630. The van der Waals surface area contributed by atoms with Crippen molar-refractivity contribution in [1.82, 2.24) is 19.9 Å². The standard InChI is InChI=1S/C27H38N6O4S/c1-6-37-17-11-16(12-17)13-29-25-30-14(2)20(24-31-21-15(3)28-10-8-19(21)38-24)23(32-25)33-27(36)9-7-18(22(27)34)26(4,5)35/h8,10,16-18,22,34-36H,6-7,9,11-13H2,1-5H3,(H2,29,30,32,33)/t16?,17?,18-,22+,27+/m0/s1. The summed E-state index contributed by atoms with van der Waals surface area (Å²) < 4.78 is 6.67. The van der Waals surface area contributed by atoms with Crippen molar-refractivity contribution in [2.75, 3.05) is 23.8 Å². The zero-order valence-corrected chi connectivity index (χ0v) is 23.5. The number of aryl methyl sites for hydroxylation is 2. The fourth-order valence-electron chi connectivity index (χ4n) is 5.63. The molecular weight excluding hydrogens is 504 g/mol. The molecule has 10 nitrogen and oxygen atoms in total. The minimum absolute atomic E-state index is 0.262. The summed E-state index contributed by atoms with van der Waals surface area (Å²) in [5.41, 5.74) is 0.219. The van der Waals surface area contributed by atoms with Crippen LogP contribution in [0.15, 0.2) is 12.3 Å². The van der Waals surface area contributed by atoms with Crippen LogP contribution in [0.25, 0.3) is 20.8 Å². The number of aliphatic hydroxyl groups is 3. The van der Waals surface area contributed by atoms with Gasteiger partial charge in [0.25, 0.3) is 0 Å². The molecule has 5 rings (SSSR count). The molecule has 0 bridgehead atoms. The van der Waals surface area contributed by atoms with Crippen molar-refractivity contribution in [3.05, 3.63) is 23.7 Å². The van der Waals surface area contributed by atoms with Crippen LogP contribution in [0.1, 0.15) is 57.8 Å². The molecule has 0 aromatic carbocycles. The van der Waals surface area contributed by atoms with Crippen molar-refractivity contribution in [2.45, 2.75) is 83.8 Å². The van der Waals surface area contributed by atoms with Crippen molar-refractivity contribution in [2.24, 2.45) is 11.8 Å². The lowest BCUT2D eigenvalue weighted by atomic mass is 9.82. The third-order valence-corrected chi connectivity index (χ3v) is 8.92. The second-order valence-electron chi connectivity index (χ2n) is 11.2. The Morgan fingerprint density at radius 3 is 2.61 bits per heavy atom. The highest BCUT2D eigenvalue weighted by atomic mass is 32.1. The molecule has 2 saturated carbocycles. The molecule has 0 radical (unpaired) electrons. The molecule has 0 saturated heterocycles. The van der Waals surface area contributed by atoms with E-state index < -0.39 is 23.3 Å². The van der Waals surface area contributed by atoms with Crippen LogP contribution in [0.3, 0.4) is 0 Å². The van der Waals surface area contributed by atoms with E-state index in [1.807, 2.05) is 26.8 Å². The maximum atomic E-state index is 11.5. The van der Waals surface area contributed by atoms with Crippen molar-refractivity contribution in [3.63, 3.8) is 0 Å². The number of hydrogen-bond donors (Lipinski definition) is 5. The summed E-state index contributed by atoms with van der Waals surface area (Å²) in [6.45, 7) is 10.6. The quantitative estimate of drug-likeness (QED) is 0.254. The first kappa shape index (κ1) is 27.1. The van der Waals surface area contributed by atoms with Gasteiger partial charge in [-0.05, 0) is 72.3 Å². The molecule has 0 aliphatic heterocycles. The number of nitrogens with one attached hydrogen (secondary N) is 2. The highest BCUT2D eigenvalue weighted by Gasteiger charge is 2.52. The topological polar surface area (TPSA) is 146 Å². The number of hydrogen-bond acceptors (Lipinski definition) is 11. The van der Waals surface area contributed by atoms with Gasteiger partial charge in [0.05, 0.1) is 33.4 Å². The molecule has 3 heterocycles. The molecule has 2 fully saturated rings. The monoisotopic (exact) mass is 542 g/mol. The van der Waals surface area contributed by atoms with Crippen LogP contribution in [-0.2, 0) is 4.74 Å². The Balaban J connectivity index is 1.47. The van der Waals surface area contributed by atoms with E-state index in [2.05, 4.69) is 15.6 Å². The van der Waals surface area contributed by atoms with Gasteiger partial charge in [0.2, 0.25) is 5.95 Å². The number of nitrogens with zero attached hydrogens (tertiary/aromatic N) is 4. The molecule has 11 heteroatoms. The van der Waals surface area contributed by atoms with E-state index in [1.165, 1.54) is 11.3 Å². The highest BCUT2D eigenvalue weighted by Crippen LogP contribution is 2.43. The van der Waals surface area contributed by atoms with Crippen LogP contribution in [0.5, 0.6) is 0 Å². The smallest absolute Gasteiger partial charge is 0.224 e. The van der Waals surface area contributed by atoms with Gasteiger partial charge in [0.1, 0.15) is 22.4 Å². The second kappa shape index (κ2) is 10.3. The van der Waals surface area contributed by atoms with Crippen molar-refractivity contribution >= 4 is 33.3 Å². The zero-order chi connectivity index (χ0) is 27.2. The summed E-state index contributed by atoms with van der Waals surface area (Å²) in [4.78, 5) is 18.7. The Labute approximate surface area is 226 Å². The minimum atomic E-state index is -1.66. The van der Waals surface area contributed by atoms with Gasteiger partial charge < -0.3 is 30.7 Å². The number of pyridine rings is 1. The Hall–Kier alpha value is -2.44. The number of ether oxygens (including phenoxy) is 1. The molecule has 2 aliphatic carbocycles. The highest BCUT2D eigenvalue weighted by molar-refractivity contribution is 7.21. The van der Waals surface area contributed by atoms with E-state index >= 15 is 0 Å². The Morgan fingerprint density at radius 2 is 1.95 bits per heavy atom. The SMILES string of the molecule is CCOC1CC(CNc2nc(C)c(-c3nc4c(C)nccc4s3)c(N[C@@]3(O)CC[C@H](C(C)(C)O)[C@H]3O)n2)C1. The first-order valence-corrected chi connectivity index (χ1v) is 14.2. The molecule has 2 aliphatic rings. The summed E-state index contributed by atoms with van der Waals surface area (Å²) in [5, 5.41) is 40.4. The van der Waals surface area contributed by atoms with Crippen LogP contribution in [0, 0.1) is 25.7 Å². The third kappa shape index (κ3) is 5.22. The van der Waals surface area contributed by atoms with Gasteiger partial charge in [-0.1, -0.05) is 0 Å². The molecular formula is C27H38N6O4S. The van der Waals surface area contributed by atoms with E-state index in [1.54, 1.807) is 20.0 Å². The number of thiazole rings is 1. The first-order chi connectivity index (χ1) is 18.0. The molecule has 3 aromatic rings. The number of rotatable bonds is 9. The molecule has 38 heavy (non-hydrogen) atoms. The first-order valence-electron chi connectivity index (χ1n) is 13.4. The molecule has 0 unspecified atom stereocenters. The van der Waals surface area contributed by atoms with E-state index in [0.29, 0.717) is 46.5 Å². The Kier molecular flexibility index (Phi) is 7.34. The maximum Gasteiger partial charge on any atom is 0.224 e. The number of aromatic nitrogens is 4. The number of aliphatic hydroxyl groups excluding tert-OH is 1. The molecule has 3 aromatic heterocycles. The molecule has 0 spiro atoms. The average molecular weight is 543 g/mol. The van der Waals surface area contributed by atoms with Crippen molar-refractivity contribution in [3.8, 4) is 10.6 Å². The van der Waals surface area contributed by atoms with Crippen molar-refractivity contribution < 1.29 is 20.1 Å². The molecule has 206 valence electrons. The molecule has 3 atom stereocenters. The average Bonchev–Trinajstić information content (AvgIpc) is 3.36. The van der Waals surface area contributed by atoms with Crippen LogP contribution in [0.2, 0.25) is 0 Å². The summed E-state index contributed by atoms with van der Waals surface area (Å²) in [6.07, 6.45) is 3.64. The van der Waals surface area contributed by atoms with Crippen molar-refractivity contribution in [1.29, 1.82) is 0 Å². The summed E-state index contributed by atoms with van der Waals surface area (Å²) in [6, 6.07) is 1.93. The van der Waals surface area contributed by atoms with E-state index in [-0.39, 0.29) is 6.42 Å². The molecule has 0 amide bonds. The Morgan fingerprint density at radius 1 is 1.18 bits per heavy atom. The van der Waals surface area contributed by atoms with Gasteiger partial charge in [0.15, 0.2) is 5.72 Å². The normalized spacial score (nSPS) is 27.5. The number of anilines is 2. The Bertz CT molecular complexity index is 1300. The number of fused-ring (bicyclic) bond motifs is 1. The van der Waals surface area contributed by atoms with Gasteiger partial charge in [-0.3, -0.25) is 4.98 Å². The van der Waals surface area contributed by atoms with Gasteiger partial charge in [0, 0.05) is 25.3 Å². The molecule has 5 N–H and O–H groups in total. The van der Waals surface area contributed by atoms with Crippen LogP contribution in [-0.4, -0.2) is 71.9 Å². The predicted molar refractivity (Wildman–Crippen MR) is 148 cm³/mol. The van der Waals surface area contributed by atoms with E-state index in [9.17, 15) is 15.3 Å². The van der Waals surface area contributed by atoms with E-state index in [0.717, 1.165) is 41.9 Å². The predicted octanol–water partition coefficient (Wildman–Crippen LogP) is 3.63. The van der Waals surface area contributed by atoms with Crippen LogP contribution < -0.4 is 10.6 Å². The largest absolute Gasteiger partial charge is 0.390 e. The lowest BCUT2D eigenvalue weighted by molar-refractivity contribution is -0.0926. The van der Waals surface area contributed by atoms with Gasteiger partial charge in [-0.15, -0.1) is 11.3 Å². The maximum absolute atomic E-state index is 11.5. The lowest BCUT2D eigenvalue weighted by Gasteiger charge is -2.35. The third-order valence-electron chi connectivity index (χ3n) is 7.89. The lowest BCUT2D eigenvalue weighted by Crippen LogP contribution is -2.51. The fourth-order valence-corrected chi connectivity index (χ4v) is 6.74. The van der Waals surface area contributed by atoms with Crippen LogP contribution in [0.4, 0.5) is 11.8 Å². The minimum Gasteiger partial charge on any atom is -0.390 e. The van der Waals surface area contributed by atoms with Gasteiger partial charge >= 0.3 is 0 Å². The summed E-state index contributed by atoms with van der Waals surface area (Å²) >= 11 is 1.51. The van der Waals surface area contributed by atoms with Gasteiger partial charge in [-0.2, -0.15) is 4.98 Å². The summed E-state index contributed by atoms with van der Waals surface area (Å²) in [5.74, 6) is 0.836. The summed E-state index contributed by atoms with van der Waals surface area (Å²) in [7, 11) is 0. The van der Waals surface area contributed by atoms with E-state index in [4.69, 9.17) is 19.7 Å². The van der Waals surface area contributed by atoms with Crippen LogP contribution >= 0.6 is 11.3 Å². The zero-order valence-electron chi connectivity index (χ0n) is 22.7. The van der Waals surface area contributed by atoms with Gasteiger partial charge in [-0.25, -0.2) is 9.97 Å². The second-order valence-corrected chi connectivity index (χ2v) is 12.2.